The zero-order valence-electron chi connectivity index (χ0n) is 18.7. The van der Waals surface area contributed by atoms with Gasteiger partial charge in [0.1, 0.15) is 12.1 Å². The molecule has 2 aromatic heterocycles. The van der Waals surface area contributed by atoms with Gasteiger partial charge in [0.15, 0.2) is 22.0 Å². The predicted octanol–water partition coefficient (Wildman–Crippen LogP) is 3.77. The standard InChI is InChI=1S/C23H25N5O3S/c1-14-21(17-9-10-19(30-3)20(12-17)31-4)22-25-15(2)26-23(28(22)27-14)24-13-16-7-6-8-18(11-16)32(5)29/h6-12H,13H2,1-5H3,(H,24,25,26). The summed E-state index contributed by atoms with van der Waals surface area (Å²) in [5.74, 6) is 2.52. The Bertz CT molecular complexity index is 1270. The SMILES string of the molecule is COc1ccc(-c2c(C)nn3c(NCc4cccc([S+](C)[O-])c4)nc(C)nc23)cc1OC. The van der Waals surface area contributed by atoms with Gasteiger partial charge in [0.2, 0.25) is 5.95 Å². The van der Waals surface area contributed by atoms with E-state index < -0.39 is 11.2 Å². The number of aryl methyl sites for hydroxylation is 2. The van der Waals surface area contributed by atoms with E-state index in [-0.39, 0.29) is 0 Å². The Morgan fingerprint density at radius 2 is 1.81 bits per heavy atom. The van der Waals surface area contributed by atoms with Gasteiger partial charge in [-0.05, 0) is 60.4 Å². The summed E-state index contributed by atoms with van der Waals surface area (Å²) in [6.45, 7) is 4.31. The van der Waals surface area contributed by atoms with Gasteiger partial charge in [-0.1, -0.05) is 18.2 Å². The lowest BCUT2D eigenvalue weighted by Gasteiger charge is -2.11. The van der Waals surface area contributed by atoms with Crippen LogP contribution < -0.4 is 14.8 Å². The monoisotopic (exact) mass is 451 g/mol. The van der Waals surface area contributed by atoms with E-state index in [9.17, 15) is 4.55 Å². The van der Waals surface area contributed by atoms with Gasteiger partial charge >= 0.3 is 0 Å². The van der Waals surface area contributed by atoms with Crippen molar-refractivity contribution >= 4 is 22.8 Å². The summed E-state index contributed by atoms with van der Waals surface area (Å²) in [6.07, 6.45) is 1.67. The molecule has 0 fully saturated rings. The van der Waals surface area contributed by atoms with Gasteiger partial charge in [0.05, 0.1) is 19.9 Å². The quantitative estimate of drug-likeness (QED) is 0.427. The van der Waals surface area contributed by atoms with Crippen LogP contribution in [0.2, 0.25) is 0 Å². The Morgan fingerprint density at radius 1 is 1.03 bits per heavy atom. The van der Waals surface area contributed by atoms with E-state index in [1.165, 1.54) is 0 Å². The van der Waals surface area contributed by atoms with Crippen LogP contribution >= 0.6 is 0 Å². The van der Waals surface area contributed by atoms with Crippen LogP contribution in [-0.2, 0) is 17.7 Å². The average molecular weight is 452 g/mol. The average Bonchev–Trinajstić information content (AvgIpc) is 3.12. The van der Waals surface area contributed by atoms with Gasteiger partial charge in [-0.2, -0.15) is 14.6 Å². The van der Waals surface area contributed by atoms with Crippen LogP contribution in [0, 0.1) is 13.8 Å². The molecule has 0 radical (unpaired) electrons. The Morgan fingerprint density at radius 3 is 2.53 bits per heavy atom. The third-order valence-corrected chi connectivity index (χ3v) is 6.04. The second-order valence-electron chi connectivity index (χ2n) is 7.32. The van der Waals surface area contributed by atoms with Gasteiger partial charge in [-0.15, -0.1) is 0 Å². The zero-order valence-corrected chi connectivity index (χ0v) is 19.5. The Balaban J connectivity index is 1.73. The third-order valence-electron chi connectivity index (χ3n) is 5.13. The molecule has 2 heterocycles. The predicted molar refractivity (Wildman–Crippen MR) is 125 cm³/mol. The number of hydrogen-bond donors (Lipinski definition) is 1. The van der Waals surface area contributed by atoms with E-state index in [1.807, 2.05) is 56.3 Å². The van der Waals surface area contributed by atoms with E-state index in [1.54, 1.807) is 25.0 Å². The molecular formula is C23H25N5O3S. The molecule has 0 aliphatic heterocycles. The van der Waals surface area contributed by atoms with Crippen molar-refractivity contribution in [2.45, 2.75) is 25.3 Å². The highest BCUT2D eigenvalue weighted by Crippen LogP contribution is 2.35. The van der Waals surface area contributed by atoms with E-state index in [2.05, 4.69) is 15.3 Å². The van der Waals surface area contributed by atoms with Crippen molar-refractivity contribution < 1.29 is 14.0 Å². The van der Waals surface area contributed by atoms with E-state index in [4.69, 9.17) is 14.6 Å². The molecule has 0 saturated heterocycles. The van der Waals surface area contributed by atoms with Crippen molar-refractivity contribution in [3.05, 3.63) is 59.5 Å². The van der Waals surface area contributed by atoms with E-state index in [0.29, 0.717) is 35.5 Å². The van der Waals surface area contributed by atoms with Gasteiger partial charge in [-0.25, -0.2) is 4.98 Å². The molecule has 166 valence electrons. The molecular weight excluding hydrogens is 426 g/mol. The number of hydrogen-bond acceptors (Lipinski definition) is 7. The molecule has 4 aromatic rings. The topological polar surface area (TPSA) is 96.6 Å². The number of ether oxygens (including phenoxy) is 2. The molecule has 0 aliphatic rings. The summed E-state index contributed by atoms with van der Waals surface area (Å²) in [7, 11) is 3.22. The minimum atomic E-state index is -1.03. The van der Waals surface area contributed by atoms with Crippen molar-refractivity contribution in [3.63, 3.8) is 0 Å². The molecule has 1 unspecified atom stereocenters. The van der Waals surface area contributed by atoms with Crippen LogP contribution in [0.1, 0.15) is 17.1 Å². The molecule has 0 saturated carbocycles. The van der Waals surface area contributed by atoms with Crippen molar-refractivity contribution in [2.24, 2.45) is 0 Å². The van der Waals surface area contributed by atoms with Gasteiger partial charge < -0.3 is 19.3 Å². The second kappa shape index (κ2) is 9.05. The molecule has 9 heteroatoms. The van der Waals surface area contributed by atoms with Gasteiger partial charge in [0.25, 0.3) is 0 Å². The first-order chi connectivity index (χ1) is 15.4. The first-order valence-electron chi connectivity index (χ1n) is 10.0. The number of benzene rings is 2. The minimum absolute atomic E-state index is 0.515. The van der Waals surface area contributed by atoms with Gasteiger partial charge in [-0.3, -0.25) is 0 Å². The summed E-state index contributed by atoms with van der Waals surface area (Å²) in [5, 5.41) is 8.04. The summed E-state index contributed by atoms with van der Waals surface area (Å²) >= 11 is -1.03. The van der Waals surface area contributed by atoms with E-state index in [0.717, 1.165) is 27.3 Å². The first kappa shape index (κ1) is 21.9. The molecule has 1 atom stereocenters. The highest BCUT2D eigenvalue weighted by molar-refractivity contribution is 7.90. The Hall–Kier alpha value is -3.30. The van der Waals surface area contributed by atoms with Crippen molar-refractivity contribution in [1.29, 1.82) is 0 Å². The number of nitrogens with zero attached hydrogens (tertiary/aromatic N) is 4. The van der Waals surface area contributed by atoms with Crippen LogP contribution in [0.25, 0.3) is 16.8 Å². The van der Waals surface area contributed by atoms with Crippen molar-refractivity contribution in [2.75, 3.05) is 25.8 Å². The molecule has 32 heavy (non-hydrogen) atoms. The highest BCUT2D eigenvalue weighted by atomic mass is 32.2. The molecule has 1 N–H and O–H groups in total. The largest absolute Gasteiger partial charge is 0.612 e. The summed E-state index contributed by atoms with van der Waals surface area (Å²) < 4.78 is 24.3. The molecule has 0 amide bonds. The Labute approximate surface area is 189 Å². The number of aromatic nitrogens is 4. The Kier molecular flexibility index (Phi) is 6.20. The number of nitrogens with one attached hydrogen (secondary N) is 1. The molecule has 4 rings (SSSR count). The van der Waals surface area contributed by atoms with Crippen LogP contribution in [0.4, 0.5) is 5.95 Å². The molecule has 2 aromatic carbocycles. The molecule has 8 nitrogen and oxygen atoms in total. The smallest absolute Gasteiger partial charge is 0.227 e. The second-order valence-corrected chi connectivity index (χ2v) is 8.69. The lowest BCUT2D eigenvalue weighted by molar-refractivity contribution is 0.355. The number of methoxy groups -OCH3 is 2. The normalized spacial score (nSPS) is 12.1. The lowest BCUT2D eigenvalue weighted by atomic mass is 10.1. The fourth-order valence-corrected chi connectivity index (χ4v) is 4.19. The van der Waals surface area contributed by atoms with Crippen molar-refractivity contribution in [3.8, 4) is 22.6 Å². The number of anilines is 1. The zero-order chi connectivity index (χ0) is 22.8. The fourth-order valence-electron chi connectivity index (χ4n) is 3.60. The fraction of sp³-hybridized carbons (Fsp3) is 0.261. The highest BCUT2D eigenvalue weighted by Gasteiger charge is 2.18. The lowest BCUT2D eigenvalue weighted by Crippen LogP contribution is -2.10. The van der Waals surface area contributed by atoms with Crippen LogP contribution in [0.3, 0.4) is 0 Å². The molecule has 0 aliphatic carbocycles. The van der Waals surface area contributed by atoms with E-state index >= 15 is 0 Å². The maximum atomic E-state index is 11.8. The van der Waals surface area contributed by atoms with Gasteiger partial charge in [0, 0.05) is 12.1 Å². The van der Waals surface area contributed by atoms with Crippen LogP contribution in [-0.4, -0.2) is 44.6 Å². The summed E-state index contributed by atoms with van der Waals surface area (Å²) in [4.78, 5) is 10.0. The first-order valence-corrected chi connectivity index (χ1v) is 11.6. The molecule has 0 spiro atoms. The van der Waals surface area contributed by atoms with Crippen LogP contribution in [0.5, 0.6) is 11.5 Å². The number of rotatable bonds is 7. The molecule has 0 bridgehead atoms. The summed E-state index contributed by atoms with van der Waals surface area (Å²) in [6, 6.07) is 13.4. The third kappa shape index (κ3) is 4.21. The maximum Gasteiger partial charge on any atom is 0.227 e. The maximum absolute atomic E-state index is 11.8. The van der Waals surface area contributed by atoms with Crippen LogP contribution in [0.15, 0.2) is 47.4 Å². The minimum Gasteiger partial charge on any atom is -0.612 e. The summed E-state index contributed by atoms with van der Waals surface area (Å²) in [5.41, 5.74) is 4.36. The van der Waals surface area contributed by atoms with Crippen molar-refractivity contribution in [1.82, 2.24) is 19.6 Å². The number of fused-ring (bicyclic) bond motifs is 1.